The molecular weight excluding hydrogens is 270 g/mol. The highest BCUT2D eigenvalue weighted by Gasteiger charge is 2.49. The zero-order valence-corrected chi connectivity index (χ0v) is 13.4. The summed E-state index contributed by atoms with van der Waals surface area (Å²) < 4.78 is 11.8. The Labute approximate surface area is 127 Å². The summed E-state index contributed by atoms with van der Waals surface area (Å²) >= 11 is 5.87. The van der Waals surface area contributed by atoms with E-state index in [2.05, 4.69) is 45.9 Å². The van der Waals surface area contributed by atoms with E-state index in [1.54, 1.807) is 0 Å². The van der Waals surface area contributed by atoms with Crippen LogP contribution in [0.3, 0.4) is 0 Å². The van der Waals surface area contributed by atoms with E-state index < -0.39 is 0 Å². The minimum atomic E-state index is -0.266. The molecule has 0 bridgehead atoms. The van der Waals surface area contributed by atoms with Crippen LogP contribution in [0.2, 0.25) is 5.02 Å². The second kappa shape index (κ2) is 5.93. The fourth-order valence-corrected chi connectivity index (χ4v) is 2.20. The zero-order chi connectivity index (χ0) is 14.8. The molecule has 1 saturated heterocycles. The van der Waals surface area contributed by atoms with E-state index in [-0.39, 0.29) is 18.3 Å². The molecule has 0 atom stereocenters. The highest BCUT2D eigenvalue weighted by Crippen LogP contribution is 2.36. The van der Waals surface area contributed by atoms with Crippen LogP contribution < -0.4 is 0 Å². The van der Waals surface area contributed by atoms with E-state index in [0.717, 1.165) is 17.9 Å². The van der Waals surface area contributed by atoms with Crippen molar-refractivity contribution in [3.63, 3.8) is 0 Å². The van der Waals surface area contributed by atoms with Crippen molar-refractivity contribution in [2.24, 2.45) is 0 Å². The maximum absolute atomic E-state index is 5.91. The van der Waals surface area contributed by atoms with Crippen LogP contribution in [0.4, 0.5) is 0 Å². The van der Waals surface area contributed by atoms with Crippen molar-refractivity contribution in [1.82, 2.24) is 0 Å². The molecule has 20 heavy (non-hydrogen) atoms. The van der Waals surface area contributed by atoms with Crippen LogP contribution in [-0.4, -0.2) is 18.3 Å². The lowest BCUT2D eigenvalue weighted by molar-refractivity contribution is 0.00578. The first kappa shape index (κ1) is 15.6. The summed E-state index contributed by atoms with van der Waals surface area (Å²) in [6.07, 6.45) is 4.08. The quantitative estimate of drug-likeness (QED) is 0.763. The summed E-state index contributed by atoms with van der Waals surface area (Å²) in [4.78, 5) is 0. The molecular formula is C16H22BClO2. The topological polar surface area (TPSA) is 18.5 Å². The largest absolute Gasteiger partial charge is 0.486 e. The number of aryl methyl sites for hydroxylation is 1. The van der Waals surface area contributed by atoms with Gasteiger partial charge in [0.15, 0.2) is 0 Å². The molecule has 0 aromatic heterocycles. The predicted octanol–water partition coefficient (Wildman–Crippen LogP) is 4.46. The molecule has 0 unspecified atom stereocenters. The van der Waals surface area contributed by atoms with Crippen LogP contribution in [-0.2, 0) is 15.7 Å². The molecule has 1 aliphatic rings. The van der Waals surface area contributed by atoms with Gasteiger partial charge in [0.2, 0.25) is 0 Å². The Kier molecular flexibility index (Phi) is 4.63. The van der Waals surface area contributed by atoms with Gasteiger partial charge in [0, 0.05) is 5.02 Å². The Morgan fingerprint density at radius 1 is 1.05 bits per heavy atom. The summed E-state index contributed by atoms with van der Waals surface area (Å²) in [5.41, 5.74) is 0.754. The Morgan fingerprint density at radius 2 is 1.60 bits per heavy atom. The Balaban J connectivity index is 1.82. The normalized spacial score (nSPS) is 20.8. The molecule has 108 valence electrons. The highest BCUT2D eigenvalue weighted by molar-refractivity contribution is 6.51. The van der Waals surface area contributed by atoms with E-state index >= 15 is 0 Å². The second-order valence-electron chi connectivity index (χ2n) is 6.22. The average molecular weight is 293 g/mol. The van der Waals surface area contributed by atoms with Crippen molar-refractivity contribution in [3.8, 4) is 0 Å². The van der Waals surface area contributed by atoms with Crippen LogP contribution in [0.1, 0.15) is 39.7 Å². The summed E-state index contributed by atoms with van der Waals surface area (Å²) in [5.74, 6) is 2.01. The van der Waals surface area contributed by atoms with Crippen LogP contribution >= 0.6 is 11.6 Å². The lowest BCUT2D eigenvalue weighted by atomic mass is 9.89. The predicted molar refractivity (Wildman–Crippen MR) is 85.0 cm³/mol. The van der Waals surface area contributed by atoms with Crippen molar-refractivity contribution in [3.05, 3.63) is 46.9 Å². The molecule has 4 heteroatoms. The molecule has 1 aromatic carbocycles. The van der Waals surface area contributed by atoms with Gasteiger partial charge in [0.05, 0.1) is 11.2 Å². The number of hydrogen-bond acceptors (Lipinski definition) is 2. The van der Waals surface area contributed by atoms with Gasteiger partial charge in [-0.05, 0) is 58.2 Å². The van der Waals surface area contributed by atoms with Crippen LogP contribution in [0.25, 0.3) is 0 Å². The van der Waals surface area contributed by atoms with Gasteiger partial charge in [-0.3, -0.25) is 0 Å². The van der Waals surface area contributed by atoms with Crippen LogP contribution in [0.5, 0.6) is 0 Å². The lowest BCUT2D eigenvalue weighted by Crippen LogP contribution is -2.41. The summed E-state index contributed by atoms with van der Waals surface area (Å²) in [7, 11) is -0.245. The van der Waals surface area contributed by atoms with E-state index in [9.17, 15) is 0 Å². The molecule has 2 nitrogen and oxygen atoms in total. The molecule has 0 saturated carbocycles. The average Bonchev–Trinajstić information content (AvgIpc) is 2.56. The Morgan fingerprint density at radius 3 is 2.15 bits per heavy atom. The third-order valence-electron chi connectivity index (χ3n) is 4.08. The van der Waals surface area contributed by atoms with Gasteiger partial charge < -0.3 is 9.31 Å². The SMILES string of the molecule is CC1(C)OB(/C=C/CCc2ccc(Cl)cc2)OC1(C)C. The van der Waals surface area contributed by atoms with Crippen LogP contribution in [0, 0.1) is 0 Å². The monoisotopic (exact) mass is 292 g/mol. The fraction of sp³-hybridized carbons (Fsp3) is 0.500. The summed E-state index contributed by atoms with van der Waals surface area (Å²) in [6, 6.07) is 7.97. The highest BCUT2D eigenvalue weighted by atomic mass is 35.5. The standard InChI is InChI=1S/C16H22BClO2/c1-15(2)16(3,4)20-17(19-15)12-6-5-7-13-8-10-14(18)11-9-13/h6,8-12H,5,7H2,1-4H3/b12-6+. The van der Waals surface area contributed by atoms with Gasteiger partial charge in [-0.25, -0.2) is 0 Å². The van der Waals surface area contributed by atoms with Gasteiger partial charge in [-0.2, -0.15) is 0 Å². The Bertz CT molecular complexity index is 464. The van der Waals surface area contributed by atoms with Crippen molar-refractivity contribution in [2.45, 2.75) is 51.7 Å². The molecule has 0 N–H and O–H groups in total. The molecule has 1 heterocycles. The molecule has 0 spiro atoms. The summed E-state index contributed by atoms with van der Waals surface area (Å²) in [5, 5.41) is 0.779. The molecule has 0 amide bonds. The molecule has 1 aromatic rings. The Hall–Kier alpha value is -0.765. The number of halogens is 1. The van der Waals surface area contributed by atoms with E-state index in [4.69, 9.17) is 20.9 Å². The van der Waals surface area contributed by atoms with Gasteiger partial charge in [0.25, 0.3) is 0 Å². The molecule has 2 rings (SSSR count). The minimum absolute atomic E-state index is 0.245. The van der Waals surface area contributed by atoms with Crippen molar-refractivity contribution in [2.75, 3.05) is 0 Å². The fourth-order valence-electron chi connectivity index (χ4n) is 2.08. The maximum Gasteiger partial charge on any atom is 0.486 e. The number of rotatable bonds is 4. The van der Waals surface area contributed by atoms with Crippen molar-refractivity contribution in [1.29, 1.82) is 0 Å². The number of allylic oxidation sites excluding steroid dienone is 1. The first-order chi connectivity index (χ1) is 9.30. The van der Waals surface area contributed by atoms with Crippen molar-refractivity contribution >= 4 is 18.7 Å². The zero-order valence-electron chi connectivity index (χ0n) is 12.7. The van der Waals surface area contributed by atoms with Crippen LogP contribution in [0.15, 0.2) is 36.3 Å². The third-order valence-corrected chi connectivity index (χ3v) is 4.33. The van der Waals surface area contributed by atoms with Gasteiger partial charge in [0.1, 0.15) is 0 Å². The lowest BCUT2D eigenvalue weighted by Gasteiger charge is -2.32. The first-order valence-electron chi connectivity index (χ1n) is 7.07. The maximum atomic E-state index is 5.91. The van der Waals surface area contributed by atoms with Gasteiger partial charge in [-0.1, -0.05) is 35.8 Å². The third kappa shape index (κ3) is 3.66. The minimum Gasteiger partial charge on any atom is -0.400 e. The second-order valence-corrected chi connectivity index (χ2v) is 6.65. The van der Waals surface area contributed by atoms with E-state index in [1.807, 2.05) is 18.1 Å². The molecule has 1 aliphatic heterocycles. The van der Waals surface area contributed by atoms with Gasteiger partial charge >= 0.3 is 7.12 Å². The van der Waals surface area contributed by atoms with Crippen molar-refractivity contribution < 1.29 is 9.31 Å². The first-order valence-corrected chi connectivity index (χ1v) is 7.45. The molecule has 1 fully saturated rings. The molecule has 0 radical (unpaired) electrons. The number of benzene rings is 1. The summed E-state index contributed by atoms with van der Waals surface area (Å²) in [6.45, 7) is 8.26. The van der Waals surface area contributed by atoms with E-state index in [0.29, 0.717) is 0 Å². The number of hydrogen-bond donors (Lipinski definition) is 0. The molecule has 0 aliphatic carbocycles. The van der Waals surface area contributed by atoms with E-state index in [1.165, 1.54) is 5.56 Å². The smallest absolute Gasteiger partial charge is 0.400 e. The van der Waals surface area contributed by atoms with Gasteiger partial charge in [-0.15, -0.1) is 0 Å².